The quantitative estimate of drug-likeness (QED) is 0.342. The van der Waals surface area contributed by atoms with Gasteiger partial charge in [0, 0.05) is 24.3 Å². The number of ether oxygens (including phenoxy) is 1. The predicted octanol–water partition coefficient (Wildman–Crippen LogP) is 2.81. The number of carbonyl (C=O) groups is 1. The van der Waals surface area contributed by atoms with Crippen molar-refractivity contribution in [2.45, 2.75) is 13.3 Å². The zero-order chi connectivity index (χ0) is 19.9. The van der Waals surface area contributed by atoms with Gasteiger partial charge < -0.3 is 15.6 Å². The number of thioether (sulfide) groups is 1. The molecule has 0 aliphatic heterocycles. The highest BCUT2D eigenvalue weighted by Gasteiger charge is 2.11. The lowest BCUT2D eigenvalue weighted by Gasteiger charge is -2.08. The minimum Gasteiger partial charge on any atom is -0.506 e. The Morgan fingerprint density at radius 1 is 1.25 bits per heavy atom. The van der Waals surface area contributed by atoms with Crippen LogP contribution >= 0.6 is 11.8 Å². The first-order valence-corrected chi connectivity index (χ1v) is 9.93. The highest BCUT2D eigenvalue weighted by molar-refractivity contribution is 8.02. The van der Waals surface area contributed by atoms with Gasteiger partial charge in [-0.25, -0.2) is 4.79 Å². The van der Waals surface area contributed by atoms with Gasteiger partial charge in [0.15, 0.2) is 0 Å². The second kappa shape index (κ2) is 9.38. The Balaban J connectivity index is 1.65. The molecule has 1 heterocycles. The van der Waals surface area contributed by atoms with E-state index in [1.54, 1.807) is 30.5 Å². The molecule has 0 aliphatic rings. The standard InChI is InChI=1S/C20H22N4O3S/c1-14(13-28-11-9-21)20(26)27-10-8-15-6-7-19(25)18(12-15)24-22-16-4-2-3-5-17(16)23-24/h2-7,12-13,25H,8-11,21H2,1H3. The first kappa shape index (κ1) is 19.9. The Bertz CT molecular complexity index is 967. The van der Waals surface area contributed by atoms with Gasteiger partial charge >= 0.3 is 5.97 Å². The molecule has 0 saturated heterocycles. The van der Waals surface area contributed by atoms with Crippen LogP contribution in [0.2, 0.25) is 0 Å². The van der Waals surface area contributed by atoms with Crippen LogP contribution in [0.15, 0.2) is 53.4 Å². The van der Waals surface area contributed by atoms with Crippen molar-refractivity contribution in [1.82, 2.24) is 15.0 Å². The summed E-state index contributed by atoms with van der Waals surface area (Å²) in [5, 5.41) is 20.8. The average Bonchev–Trinajstić information content (AvgIpc) is 3.13. The topological polar surface area (TPSA) is 103 Å². The van der Waals surface area contributed by atoms with Crippen LogP contribution in [0.1, 0.15) is 12.5 Å². The minimum atomic E-state index is -0.344. The normalized spacial score (nSPS) is 11.7. The lowest BCUT2D eigenvalue weighted by Crippen LogP contribution is -2.09. The van der Waals surface area contributed by atoms with Crippen LogP contribution in [0.5, 0.6) is 5.75 Å². The van der Waals surface area contributed by atoms with E-state index in [0.717, 1.165) is 22.3 Å². The number of nitrogens with zero attached hydrogens (tertiary/aromatic N) is 3. The maximum atomic E-state index is 12.0. The van der Waals surface area contributed by atoms with Gasteiger partial charge in [-0.3, -0.25) is 0 Å². The molecule has 0 radical (unpaired) electrons. The van der Waals surface area contributed by atoms with Crippen molar-refractivity contribution in [2.24, 2.45) is 5.73 Å². The number of aromatic hydroxyl groups is 1. The zero-order valence-electron chi connectivity index (χ0n) is 15.5. The van der Waals surface area contributed by atoms with E-state index in [4.69, 9.17) is 10.5 Å². The number of aromatic nitrogens is 3. The number of nitrogens with two attached hydrogens (primary N) is 1. The number of phenolic OH excluding ortho intramolecular Hbond substituents is 1. The summed E-state index contributed by atoms with van der Waals surface area (Å²) in [5.41, 5.74) is 8.86. The Hall–Kier alpha value is -2.84. The van der Waals surface area contributed by atoms with Crippen LogP contribution in [-0.4, -0.2) is 45.0 Å². The fourth-order valence-corrected chi connectivity index (χ4v) is 3.13. The molecule has 0 bridgehead atoms. The molecular weight excluding hydrogens is 376 g/mol. The number of hydrogen-bond acceptors (Lipinski definition) is 7. The Morgan fingerprint density at radius 2 is 1.96 bits per heavy atom. The number of rotatable bonds is 8. The van der Waals surface area contributed by atoms with Crippen molar-refractivity contribution in [1.29, 1.82) is 0 Å². The molecule has 0 aliphatic carbocycles. The molecule has 0 saturated carbocycles. The smallest absolute Gasteiger partial charge is 0.334 e. The summed E-state index contributed by atoms with van der Waals surface area (Å²) in [7, 11) is 0. The number of carbonyl (C=O) groups excluding carboxylic acids is 1. The number of hydrogen-bond donors (Lipinski definition) is 2. The molecule has 3 N–H and O–H groups in total. The lowest BCUT2D eigenvalue weighted by molar-refractivity contribution is -0.138. The zero-order valence-corrected chi connectivity index (χ0v) is 16.4. The highest BCUT2D eigenvalue weighted by Crippen LogP contribution is 2.23. The minimum absolute atomic E-state index is 0.0803. The van der Waals surface area contributed by atoms with Crippen molar-refractivity contribution in [3.8, 4) is 11.4 Å². The molecule has 1 aromatic heterocycles. The largest absolute Gasteiger partial charge is 0.506 e. The van der Waals surface area contributed by atoms with E-state index in [1.807, 2.05) is 24.3 Å². The highest BCUT2D eigenvalue weighted by atomic mass is 32.2. The van der Waals surface area contributed by atoms with Crippen molar-refractivity contribution in [2.75, 3.05) is 18.9 Å². The van der Waals surface area contributed by atoms with Gasteiger partial charge in [0.2, 0.25) is 0 Å². The van der Waals surface area contributed by atoms with E-state index in [9.17, 15) is 9.90 Å². The van der Waals surface area contributed by atoms with Crippen molar-refractivity contribution >= 4 is 28.8 Å². The maximum Gasteiger partial charge on any atom is 0.334 e. The van der Waals surface area contributed by atoms with Crippen LogP contribution in [0.4, 0.5) is 0 Å². The molecule has 2 aromatic carbocycles. The Kier molecular flexibility index (Phi) is 6.67. The van der Waals surface area contributed by atoms with Crippen molar-refractivity contribution in [3.05, 3.63) is 59.0 Å². The second-order valence-corrected chi connectivity index (χ2v) is 7.12. The molecule has 3 rings (SSSR count). The van der Waals surface area contributed by atoms with Crippen LogP contribution in [0.3, 0.4) is 0 Å². The lowest BCUT2D eigenvalue weighted by atomic mass is 10.1. The number of benzene rings is 2. The third-order valence-electron chi connectivity index (χ3n) is 3.98. The van der Waals surface area contributed by atoms with Crippen LogP contribution in [0, 0.1) is 0 Å². The molecule has 0 atom stereocenters. The fraction of sp³-hybridized carbons (Fsp3) is 0.250. The molecule has 8 heteroatoms. The van der Waals surface area contributed by atoms with Gasteiger partial charge in [-0.15, -0.1) is 26.8 Å². The summed E-state index contributed by atoms with van der Waals surface area (Å²) >= 11 is 1.49. The van der Waals surface area contributed by atoms with E-state index in [0.29, 0.717) is 24.2 Å². The molecule has 0 fully saturated rings. The Labute approximate surface area is 167 Å². The molecule has 0 unspecified atom stereocenters. The fourth-order valence-electron chi connectivity index (χ4n) is 2.53. The summed E-state index contributed by atoms with van der Waals surface area (Å²) in [6.45, 7) is 2.52. The van der Waals surface area contributed by atoms with E-state index >= 15 is 0 Å². The molecular formula is C20H22N4O3S. The maximum absolute atomic E-state index is 12.0. The average molecular weight is 398 g/mol. The summed E-state index contributed by atoms with van der Waals surface area (Å²) in [6.07, 6.45) is 0.517. The summed E-state index contributed by atoms with van der Waals surface area (Å²) < 4.78 is 5.31. The van der Waals surface area contributed by atoms with E-state index in [2.05, 4.69) is 10.2 Å². The van der Waals surface area contributed by atoms with Crippen LogP contribution in [-0.2, 0) is 16.0 Å². The molecule has 146 valence electrons. The summed E-state index contributed by atoms with van der Waals surface area (Å²) in [6, 6.07) is 12.7. The van der Waals surface area contributed by atoms with Gasteiger partial charge in [0.25, 0.3) is 0 Å². The van der Waals surface area contributed by atoms with Crippen molar-refractivity contribution < 1.29 is 14.6 Å². The van der Waals surface area contributed by atoms with E-state index in [-0.39, 0.29) is 18.3 Å². The third-order valence-corrected chi connectivity index (χ3v) is 4.98. The molecule has 0 spiro atoms. The Morgan fingerprint density at radius 3 is 2.64 bits per heavy atom. The summed E-state index contributed by atoms with van der Waals surface area (Å²) in [4.78, 5) is 13.4. The van der Waals surface area contributed by atoms with Gasteiger partial charge in [-0.1, -0.05) is 18.2 Å². The SMILES string of the molecule is CC(=CSCCN)C(=O)OCCc1ccc(O)c(-n2nc3ccccc3n2)c1. The van der Waals surface area contributed by atoms with E-state index in [1.165, 1.54) is 16.6 Å². The van der Waals surface area contributed by atoms with Gasteiger partial charge in [-0.05, 0) is 42.2 Å². The first-order chi connectivity index (χ1) is 13.6. The van der Waals surface area contributed by atoms with Crippen molar-refractivity contribution in [3.63, 3.8) is 0 Å². The third kappa shape index (κ3) is 4.90. The molecule has 0 amide bonds. The summed E-state index contributed by atoms with van der Waals surface area (Å²) in [5.74, 6) is 0.498. The van der Waals surface area contributed by atoms with Gasteiger partial charge in [0.1, 0.15) is 22.5 Å². The second-order valence-electron chi connectivity index (χ2n) is 6.15. The van der Waals surface area contributed by atoms with Gasteiger partial charge in [0.05, 0.1) is 6.61 Å². The van der Waals surface area contributed by atoms with Gasteiger partial charge in [-0.2, -0.15) is 0 Å². The predicted molar refractivity (Wildman–Crippen MR) is 110 cm³/mol. The van der Waals surface area contributed by atoms with Crippen LogP contribution < -0.4 is 5.73 Å². The van der Waals surface area contributed by atoms with Crippen LogP contribution in [0.25, 0.3) is 16.7 Å². The molecule has 7 nitrogen and oxygen atoms in total. The molecule has 28 heavy (non-hydrogen) atoms. The van der Waals surface area contributed by atoms with E-state index < -0.39 is 0 Å². The number of phenols is 1. The molecule has 3 aromatic rings. The number of fused-ring (bicyclic) bond motifs is 1. The number of esters is 1. The monoisotopic (exact) mass is 398 g/mol. The first-order valence-electron chi connectivity index (χ1n) is 8.88.